The Morgan fingerprint density at radius 1 is 1.35 bits per heavy atom. The van der Waals surface area contributed by atoms with Crippen molar-refractivity contribution >= 4 is 33.1 Å². The summed E-state index contributed by atoms with van der Waals surface area (Å²) in [5.41, 5.74) is 5.77. The second-order valence-corrected chi connectivity index (χ2v) is 6.37. The van der Waals surface area contributed by atoms with E-state index in [0.717, 1.165) is 0 Å². The number of aliphatic hydroxyl groups is 1. The number of rotatable bonds is 1. The zero-order chi connectivity index (χ0) is 16.5. The van der Waals surface area contributed by atoms with Gasteiger partial charge in [-0.05, 0) is 18.2 Å². The van der Waals surface area contributed by atoms with Crippen LogP contribution in [0.1, 0.15) is 27.4 Å². The van der Waals surface area contributed by atoms with Gasteiger partial charge in [-0.3, -0.25) is 14.9 Å². The third-order valence-electron chi connectivity index (χ3n) is 4.22. The molecule has 8 heteroatoms. The average Bonchev–Trinajstić information content (AvgIpc) is 2.88. The fraction of sp³-hybridized carbons (Fsp3) is 0.133. The minimum absolute atomic E-state index is 0.0414. The first kappa shape index (κ1) is 14.2. The number of nitrogens with two attached hydrogens (primary N) is 1. The number of anilines is 1. The largest absolute Gasteiger partial charge is 0.456 e. The highest BCUT2D eigenvalue weighted by Crippen LogP contribution is 2.58. The number of hydrogen-bond acceptors (Lipinski definition) is 6. The van der Waals surface area contributed by atoms with Gasteiger partial charge in [-0.15, -0.1) is 0 Å². The number of ketones is 1. The van der Waals surface area contributed by atoms with E-state index in [2.05, 4.69) is 15.9 Å². The standard InChI is InChI=1S/C15H9BrN2O5/c16-6-1-2-7-10(5-6)23-15(20)12(7)14(19)11-8(17)3-4-9(13(11)15)18(21)22/h1-5,12,20H,17H2. The number of carbonyl (C=O) groups excluding carboxylic acids is 1. The van der Waals surface area contributed by atoms with Gasteiger partial charge < -0.3 is 15.6 Å². The first-order valence-electron chi connectivity index (χ1n) is 6.67. The Morgan fingerprint density at radius 2 is 2.09 bits per heavy atom. The highest BCUT2D eigenvalue weighted by atomic mass is 79.9. The molecule has 7 nitrogen and oxygen atoms in total. The highest BCUT2D eigenvalue weighted by molar-refractivity contribution is 9.10. The van der Waals surface area contributed by atoms with Crippen molar-refractivity contribution < 1.29 is 19.6 Å². The molecule has 2 unspecified atom stereocenters. The number of fused-ring (bicyclic) bond motifs is 5. The molecule has 0 spiro atoms. The number of nitro groups is 1. The van der Waals surface area contributed by atoms with Crippen molar-refractivity contribution in [3.8, 4) is 5.75 Å². The normalized spacial score (nSPS) is 23.9. The monoisotopic (exact) mass is 376 g/mol. The first-order valence-corrected chi connectivity index (χ1v) is 7.46. The van der Waals surface area contributed by atoms with Crippen LogP contribution in [0, 0.1) is 10.1 Å². The summed E-state index contributed by atoms with van der Waals surface area (Å²) in [6.07, 6.45) is 0. The molecule has 3 N–H and O–H groups in total. The Bertz CT molecular complexity index is 913. The zero-order valence-corrected chi connectivity index (χ0v) is 13.0. The van der Waals surface area contributed by atoms with Gasteiger partial charge in [0.1, 0.15) is 17.2 Å². The number of carbonyl (C=O) groups is 1. The van der Waals surface area contributed by atoms with E-state index >= 15 is 0 Å². The summed E-state index contributed by atoms with van der Waals surface area (Å²) in [4.78, 5) is 23.4. The molecule has 0 saturated carbocycles. The van der Waals surface area contributed by atoms with Gasteiger partial charge in [-0.25, -0.2) is 0 Å². The van der Waals surface area contributed by atoms with E-state index in [-0.39, 0.29) is 22.5 Å². The van der Waals surface area contributed by atoms with Crippen LogP contribution in [0.3, 0.4) is 0 Å². The first-order chi connectivity index (χ1) is 10.8. The summed E-state index contributed by atoms with van der Waals surface area (Å²) in [7, 11) is 0. The Hall–Kier alpha value is -2.45. The molecule has 2 atom stereocenters. The molecule has 116 valence electrons. The molecule has 1 aliphatic heterocycles. The number of nitrogen functional groups attached to an aromatic ring is 1. The molecular weight excluding hydrogens is 368 g/mol. The van der Waals surface area contributed by atoms with Gasteiger partial charge >= 0.3 is 0 Å². The van der Waals surface area contributed by atoms with Crippen molar-refractivity contribution in [2.75, 3.05) is 5.73 Å². The van der Waals surface area contributed by atoms with Crippen molar-refractivity contribution in [3.63, 3.8) is 0 Å². The molecule has 0 aromatic heterocycles. The topological polar surface area (TPSA) is 116 Å². The van der Waals surface area contributed by atoms with E-state index in [9.17, 15) is 20.0 Å². The maximum Gasteiger partial charge on any atom is 0.280 e. The molecule has 2 aliphatic rings. The van der Waals surface area contributed by atoms with Gasteiger partial charge in [0.25, 0.3) is 11.5 Å². The van der Waals surface area contributed by atoms with Crippen LogP contribution in [0.2, 0.25) is 0 Å². The Morgan fingerprint density at radius 3 is 2.78 bits per heavy atom. The van der Waals surface area contributed by atoms with Crippen molar-refractivity contribution in [1.29, 1.82) is 0 Å². The summed E-state index contributed by atoms with van der Waals surface area (Å²) in [5, 5.41) is 22.3. The van der Waals surface area contributed by atoms with Crippen LogP contribution >= 0.6 is 15.9 Å². The number of Topliss-reactive ketones (excluding diaryl/α,β-unsaturated/α-hetero) is 1. The van der Waals surface area contributed by atoms with Crippen LogP contribution in [0.4, 0.5) is 11.4 Å². The minimum atomic E-state index is -2.12. The fourth-order valence-corrected chi connectivity index (χ4v) is 3.66. The third kappa shape index (κ3) is 1.64. The predicted molar refractivity (Wildman–Crippen MR) is 83.2 cm³/mol. The molecule has 2 aromatic rings. The lowest BCUT2D eigenvalue weighted by molar-refractivity contribution is -0.387. The molecule has 0 saturated heterocycles. The van der Waals surface area contributed by atoms with E-state index in [1.807, 2.05) is 0 Å². The Balaban J connectivity index is 2.03. The summed E-state index contributed by atoms with van der Waals surface area (Å²) >= 11 is 3.28. The van der Waals surface area contributed by atoms with Gasteiger partial charge in [0.05, 0.1) is 10.5 Å². The van der Waals surface area contributed by atoms with E-state index in [1.165, 1.54) is 12.1 Å². The molecule has 0 fully saturated rings. The quantitative estimate of drug-likeness (QED) is 0.448. The molecule has 0 amide bonds. The van der Waals surface area contributed by atoms with Crippen molar-refractivity contribution in [2.45, 2.75) is 11.7 Å². The SMILES string of the molecule is Nc1ccc([N+](=O)[O-])c2c1C(=O)C1c3ccc(Br)cc3OC21O. The van der Waals surface area contributed by atoms with Crippen molar-refractivity contribution in [2.24, 2.45) is 0 Å². The maximum atomic E-state index is 12.8. The predicted octanol–water partition coefficient (Wildman–Crippen LogP) is 2.46. The molecule has 0 radical (unpaired) electrons. The number of hydrogen-bond donors (Lipinski definition) is 2. The molecular formula is C15H9BrN2O5. The van der Waals surface area contributed by atoms with Crippen LogP contribution in [-0.4, -0.2) is 15.8 Å². The summed E-state index contributed by atoms with van der Waals surface area (Å²) in [5.74, 6) is -3.36. The lowest BCUT2D eigenvalue weighted by atomic mass is 9.92. The molecule has 2 aromatic carbocycles. The second-order valence-electron chi connectivity index (χ2n) is 5.46. The lowest BCUT2D eigenvalue weighted by Gasteiger charge is -2.22. The maximum absolute atomic E-state index is 12.8. The smallest absolute Gasteiger partial charge is 0.280 e. The molecule has 23 heavy (non-hydrogen) atoms. The number of ether oxygens (including phenoxy) is 1. The minimum Gasteiger partial charge on any atom is -0.456 e. The average molecular weight is 377 g/mol. The van der Waals surface area contributed by atoms with E-state index in [1.54, 1.807) is 18.2 Å². The highest BCUT2D eigenvalue weighted by Gasteiger charge is 2.62. The fourth-order valence-electron chi connectivity index (χ4n) is 3.32. The number of halogens is 1. The van der Waals surface area contributed by atoms with Crippen LogP contribution in [0.25, 0.3) is 0 Å². The van der Waals surface area contributed by atoms with Crippen LogP contribution in [-0.2, 0) is 5.79 Å². The van der Waals surface area contributed by atoms with Gasteiger partial charge in [0.15, 0.2) is 5.78 Å². The Kier molecular flexibility index (Phi) is 2.65. The second kappa shape index (κ2) is 4.30. The lowest BCUT2D eigenvalue weighted by Crippen LogP contribution is -2.33. The molecule has 0 bridgehead atoms. The van der Waals surface area contributed by atoms with Gasteiger partial charge in [0, 0.05) is 21.8 Å². The molecule has 4 rings (SSSR count). The Labute approximate surface area is 138 Å². The molecule has 1 heterocycles. The van der Waals surface area contributed by atoms with Gasteiger partial charge in [0.2, 0.25) is 0 Å². The zero-order valence-electron chi connectivity index (χ0n) is 11.4. The van der Waals surface area contributed by atoms with E-state index in [0.29, 0.717) is 15.8 Å². The summed E-state index contributed by atoms with van der Waals surface area (Å²) < 4.78 is 6.29. The number of benzene rings is 2. The molecule has 1 aliphatic carbocycles. The van der Waals surface area contributed by atoms with E-state index < -0.39 is 22.4 Å². The van der Waals surface area contributed by atoms with Gasteiger partial charge in [-0.1, -0.05) is 22.0 Å². The van der Waals surface area contributed by atoms with Crippen LogP contribution in [0.5, 0.6) is 5.75 Å². The van der Waals surface area contributed by atoms with Crippen molar-refractivity contribution in [1.82, 2.24) is 0 Å². The number of nitrogens with zero attached hydrogens (tertiary/aromatic N) is 1. The summed E-state index contributed by atoms with van der Waals surface area (Å²) in [6.45, 7) is 0. The summed E-state index contributed by atoms with van der Waals surface area (Å²) in [6, 6.07) is 7.43. The van der Waals surface area contributed by atoms with E-state index in [4.69, 9.17) is 10.5 Å². The van der Waals surface area contributed by atoms with Gasteiger partial charge in [-0.2, -0.15) is 0 Å². The van der Waals surface area contributed by atoms with Crippen LogP contribution in [0.15, 0.2) is 34.8 Å². The van der Waals surface area contributed by atoms with Crippen LogP contribution < -0.4 is 10.5 Å². The third-order valence-corrected chi connectivity index (χ3v) is 4.72. The van der Waals surface area contributed by atoms with Crippen molar-refractivity contribution in [3.05, 3.63) is 61.6 Å². The number of nitro benzene ring substituents is 1.